The fourth-order valence-electron chi connectivity index (χ4n) is 4.46. The highest BCUT2D eigenvalue weighted by Gasteiger charge is 2.32. The number of amides is 1. The van der Waals surface area contributed by atoms with Crippen molar-refractivity contribution < 1.29 is 9.53 Å². The maximum Gasteiger partial charge on any atom is 0.227 e. The van der Waals surface area contributed by atoms with E-state index in [9.17, 15) is 4.79 Å². The molecule has 3 aliphatic rings. The molecule has 4 rings (SSSR count). The summed E-state index contributed by atoms with van der Waals surface area (Å²) in [5, 5.41) is 0. The molecular weight excluding hydrogens is 300 g/mol. The van der Waals surface area contributed by atoms with E-state index < -0.39 is 0 Å². The summed E-state index contributed by atoms with van der Waals surface area (Å²) in [6, 6.07) is 8.55. The molecule has 1 amide bonds. The van der Waals surface area contributed by atoms with Crippen molar-refractivity contribution in [2.45, 2.75) is 32.2 Å². The molecule has 24 heavy (non-hydrogen) atoms. The van der Waals surface area contributed by atoms with E-state index in [1.165, 1.54) is 17.5 Å². The molecular formula is C20H28N2O2. The molecule has 0 aliphatic carbocycles. The van der Waals surface area contributed by atoms with Crippen LogP contribution < -0.4 is 0 Å². The van der Waals surface area contributed by atoms with Crippen LogP contribution in [0.4, 0.5) is 0 Å². The minimum Gasteiger partial charge on any atom is -0.381 e. The maximum absolute atomic E-state index is 13.0. The second kappa shape index (κ2) is 7.24. The van der Waals surface area contributed by atoms with Gasteiger partial charge in [-0.15, -0.1) is 0 Å². The molecule has 4 nitrogen and oxygen atoms in total. The zero-order valence-electron chi connectivity index (χ0n) is 14.5. The first kappa shape index (κ1) is 16.1. The Labute approximate surface area is 144 Å². The molecule has 0 spiro atoms. The highest BCUT2D eigenvalue weighted by Crippen LogP contribution is 2.25. The molecule has 0 N–H and O–H groups in total. The van der Waals surface area contributed by atoms with Gasteiger partial charge in [-0.1, -0.05) is 24.3 Å². The lowest BCUT2D eigenvalue weighted by Crippen LogP contribution is -2.47. The fraction of sp³-hybridized carbons (Fsp3) is 0.650. The zero-order chi connectivity index (χ0) is 16.4. The minimum absolute atomic E-state index is 0.186. The average molecular weight is 328 g/mol. The molecule has 1 aromatic rings. The summed E-state index contributed by atoms with van der Waals surface area (Å²) in [6.45, 7) is 6.67. The summed E-state index contributed by atoms with van der Waals surface area (Å²) in [4.78, 5) is 17.6. The molecule has 0 saturated carbocycles. The van der Waals surface area contributed by atoms with Crippen molar-refractivity contribution in [2.75, 3.05) is 39.4 Å². The molecule has 3 aliphatic heterocycles. The lowest BCUT2D eigenvalue weighted by Gasteiger charge is -2.37. The highest BCUT2D eigenvalue weighted by atomic mass is 16.5. The largest absolute Gasteiger partial charge is 0.381 e. The third kappa shape index (κ3) is 3.50. The third-order valence-corrected chi connectivity index (χ3v) is 5.84. The minimum atomic E-state index is 0.186. The molecule has 2 unspecified atom stereocenters. The number of hydrogen-bond acceptors (Lipinski definition) is 3. The molecule has 0 radical (unpaired) electrons. The summed E-state index contributed by atoms with van der Waals surface area (Å²) >= 11 is 0. The monoisotopic (exact) mass is 328 g/mol. The van der Waals surface area contributed by atoms with Crippen molar-refractivity contribution in [1.29, 1.82) is 0 Å². The van der Waals surface area contributed by atoms with Gasteiger partial charge in [0.2, 0.25) is 5.91 Å². The van der Waals surface area contributed by atoms with Gasteiger partial charge in [0, 0.05) is 32.8 Å². The second-order valence-corrected chi connectivity index (χ2v) is 7.61. The number of benzene rings is 1. The Morgan fingerprint density at radius 1 is 1.17 bits per heavy atom. The van der Waals surface area contributed by atoms with E-state index >= 15 is 0 Å². The highest BCUT2D eigenvalue weighted by molar-refractivity contribution is 5.79. The summed E-state index contributed by atoms with van der Waals surface area (Å²) in [5.74, 6) is 1.23. The Bertz CT molecular complexity index is 583. The van der Waals surface area contributed by atoms with Gasteiger partial charge in [-0.25, -0.2) is 0 Å². The molecule has 0 aromatic heterocycles. The van der Waals surface area contributed by atoms with Crippen molar-refractivity contribution in [3.8, 4) is 0 Å². The van der Waals surface area contributed by atoms with Crippen LogP contribution in [0.2, 0.25) is 0 Å². The topological polar surface area (TPSA) is 32.8 Å². The Morgan fingerprint density at radius 3 is 2.88 bits per heavy atom. The van der Waals surface area contributed by atoms with E-state index in [-0.39, 0.29) is 5.92 Å². The predicted octanol–water partition coefficient (Wildman–Crippen LogP) is 2.32. The van der Waals surface area contributed by atoms with Gasteiger partial charge >= 0.3 is 0 Å². The standard InChI is InChI=1S/C20H28N2O2/c23-20(22-10-7-17-4-1-2-5-18(17)14-22)19-6-3-9-21(13-19)12-16-8-11-24-15-16/h1-2,4-5,16,19H,3,6-15H2. The van der Waals surface area contributed by atoms with Crippen molar-refractivity contribution in [2.24, 2.45) is 11.8 Å². The van der Waals surface area contributed by atoms with E-state index in [2.05, 4.69) is 34.1 Å². The van der Waals surface area contributed by atoms with E-state index in [4.69, 9.17) is 4.74 Å². The molecule has 2 saturated heterocycles. The van der Waals surface area contributed by atoms with Gasteiger partial charge in [-0.3, -0.25) is 4.79 Å². The van der Waals surface area contributed by atoms with Gasteiger partial charge < -0.3 is 14.5 Å². The first-order chi connectivity index (χ1) is 11.8. The molecule has 0 bridgehead atoms. The maximum atomic E-state index is 13.0. The van der Waals surface area contributed by atoms with Crippen molar-refractivity contribution in [1.82, 2.24) is 9.80 Å². The lowest BCUT2D eigenvalue weighted by molar-refractivity contribution is -0.138. The van der Waals surface area contributed by atoms with Crippen LogP contribution in [0, 0.1) is 11.8 Å². The van der Waals surface area contributed by atoms with Crippen LogP contribution >= 0.6 is 0 Å². The van der Waals surface area contributed by atoms with Gasteiger partial charge in [0.05, 0.1) is 12.5 Å². The van der Waals surface area contributed by atoms with Gasteiger partial charge in [0.1, 0.15) is 0 Å². The number of carbonyl (C=O) groups is 1. The van der Waals surface area contributed by atoms with Crippen LogP contribution in [0.25, 0.3) is 0 Å². The van der Waals surface area contributed by atoms with Crippen LogP contribution in [0.3, 0.4) is 0 Å². The van der Waals surface area contributed by atoms with Crippen molar-refractivity contribution >= 4 is 5.91 Å². The number of piperidine rings is 1. The first-order valence-electron chi connectivity index (χ1n) is 9.45. The summed E-state index contributed by atoms with van der Waals surface area (Å²) in [7, 11) is 0. The number of carbonyl (C=O) groups excluding carboxylic acids is 1. The van der Waals surface area contributed by atoms with Gasteiger partial charge in [-0.2, -0.15) is 0 Å². The average Bonchev–Trinajstić information content (AvgIpc) is 3.14. The normalized spacial score (nSPS) is 27.9. The van der Waals surface area contributed by atoms with Crippen LogP contribution in [-0.4, -0.2) is 55.1 Å². The lowest BCUT2D eigenvalue weighted by atomic mass is 9.93. The SMILES string of the molecule is O=C(C1CCCN(CC2CCOC2)C1)N1CCc2ccccc2C1. The molecule has 3 heterocycles. The number of likely N-dealkylation sites (tertiary alicyclic amines) is 1. The van der Waals surface area contributed by atoms with Gasteiger partial charge in [0.25, 0.3) is 0 Å². The number of fused-ring (bicyclic) bond motifs is 1. The van der Waals surface area contributed by atoms with Crippen LogP contribution in [0.5, 0.6) is 0 Å². The van der Waals surface area contributed by atoms with Gasteiger partial charge in [-0.05, 0) is 49.3 Å². The van der Waals surface area contributed by atoms with Crippen LogP contribution in [0.1, 0.15) is 30.4 Å². The Kier molecular flexibility index (Phi) is 4.86. The van der Waals surface area contributed by atoms with E-state index in [1.54, 1.807) is 0 Å². The fourth-order valence-corrected chi connectivity index (χ4v) is 4.46. The summed E-state index contributed by atoms with van der Waals surface area (Å²) in [6.07, 6.45) is 4.37. The Hall–Kier alpha value is -1.39. The van der Waals surface area contributed by atoms with Gasteiger partial charge in [0.15, 0.2) is 0 Å². The van der Waals surface area contributed by atoms with Crippen LogP contribution in [0.15, 0.2) is 24.3 Å². The Balaban J connectivity index is 1.35. The van der Waals surface area contributed by atoms with E-state index in [0.29, 0.717) is 11.8 Å². The number of rotatable bonds is 3. The quantitative estimate of drug-likeness (QED) is 0.854. The summed E-state index contributed by atoms with van der Waals surface area (Å²) in [5.41, 5.74) is 2.74. The van der Waals surface area contributed by atoms with E-state index in [0.717, 1.165) is 65.2 Å². The molecule has 2 atom stereocenters. The van der Waals surface area contributed by atoms with E-state index in [1.807, 2.05) is 0 Å². The number of nitrogens with zero attached hydrogens (tertiary/aromatic N) is 2. The smallest absolute Gasteiger partial charge is 0.227 e. The molecule has 1 aromatic carbocycles. The molecule has 2 fully saturated rings. The number of hydrogen-bond donors (Lipinski definition) is 0. The Morgan fingerprint density at radius 2 is 2.04 bits per heavy atom. The predicted molar refractivity (Wildman–Crippen MR) is 93.7 cm³/mol. The number of ether oxygens (including phenoxy) is 1. The van der Waals surface area contributed by atoms with Crippen molar-refractivity contribution in [3.05, 3.63) is 35.4 Å². The first-order valence-corrected chi connectivity index (χ1v) is 9.45. The molecule has 4 heteroatoms. The van der Waals surface area contributed by atoms with Crippen LogP contribution in [-0.2, 0) is 22.5 Å². The summed E-state index contributed by atoms with van der Waals surface area (Å²) < 4.78 is 5.50. The zero-order valence-corrected chi connectivity index (χ0v) is 14.5. The van der Waals surface area contributed by atoms with Crippen molar-refractivity contribution in [3.63, 3.8) is 0 Å². The molecule has 130 valence electrons. The third-order valence-electron chi connectivity index (χ3n) is 5.84. The second-order valence-electron chi connectivity index (χ2n) is 7.61.